The Morgan fingerprint density at radius 3 is 2.58 bits per heavy atom. The maximum atomic E-state index is 12.5. The first-order valence-electron chi connectivity index (χ1n) is 3.54. The quantitative estimate of drug-likeness (QED) is 0.646. The molecule has 0 aromatic carbocycles. The van der Waals surface area contributed by atoms with Crippen LogP contribution in [0.4, 0.5) is 4.39 Å². The molecule has 0 aliphatic rings. The number of hydrogen-bond donors (Lipinski definition) is 0. The second kappa shape index (κ2) is 3.63. The van der Waals surface area contributed by atoms with Crippen LogP contribution < -0.4 is 0 Å². The van der Waals surface area contributed by atoms with Crippen molar-refractivity contribution in [2.75, 3.05) is 0 Å². The lowest BCUT2D eigenvalue weighted by Gasteiger charge is -1.92. The number of carbonyl (C=O) groups is 1. The lowest BCUT2D eigenvalue weighted by molar-refractivity contribution is -0.112. The zero-order valence-corrected chi connectivity index (χ0v) is 7.74. The lowest BCUT2D eigenvalue weighted by Crippen LogP contribution is -1.82. The van der Waals surface area contributed by atoms with Crippen molar-refractivity contribution in [2.24, 2.45) is 0 Å². The molecule has 0 aliphatic carbocycles. The molecular weight excluding hydrogens is 175 g/mol. The van der Waals surface area contributed by atoms with E-state index in [4.69, 9.17) is 0 Å². The van der Waals surface area contributed by atoms with Gasteiger partial charge in [0.15, 0.2) is 10.9 Å². The second-order valence-electron chi connectivity index (χ2n) is 2.54. The summed E-state index contributed by atoms with van der Waals surface area (Å²) in [7, 11) is 0. The molecule has 3 heteroatoms. The summed E-state index contributed by atoms with van der Waals surface area (Å²) in [5.41, 5.74) is 0.816. The zero-order valence-electron chi connectivity index (χ0n) is 6.93. The Hall–Kier alpha value is -0.960. The van der Waals surface area contributed by atoms with Gasteiger partial charge < -0.3 is 0 Å². The fourth-order valence-corrected chi connectivity index (χ4v) is 1.60. The minimum Gasteiger partial charge on any atom is -0.295 e. The monoisotopic (exact) mass is 184 g/mol. The highest BCUT2D eigenvalue weighted by Crippen LogP contribution is 2.22. The van der Waals surface area contributed by atoms with Crippen LogP contribution in [0.2, 0.25) is 0 Å². The van der Waals surface area contributed by atoms with Crippen LogP contribution in [0.1, 0.15) is 18.7 Å². The van der Waals surface area contributed by atoms with Crippen molar-refractivity contribution >= 4 is 22.7 Å². The molecule has 0 fully saturated rings. The van der Waals surface area contributed by atoms with Gasteiger partial charge in [-0.05, 0) is 37.6 Å². The van der Waals surface area contributed by atoms with E-state index in [1.54, 1.807) is 13.0 Å². The molecule has 0 saturated carbocycles. The van der Waals surface area contributed by atoms with E-state index < -0.39 is 0 Å². The Morgan fingerprint density at radius 1 is 1.50 bits per heavy atom. The number of rotatable bonds is 2. The number of allylic oxidation sites excluding steroid dienone is 2. The second-order valence-corrected chi connectivity index (χ2v) is 3.58. The molecule has 0 unspecified atom stereocenters. The van der Waals surface area contributed by atoms with Gasteiger partial charge in [-0.3, -0.25) is 4.79 Å². The highest BCUT2D eigenvalue weighted by atomic mass is 32.1. The summed E-state index contributed by atoms with van der Waals surface area (Å²) in [4.78, 5) is 11.5. The molecule has 0 bridgehead atoms. The van der Waals surface area contributed by atoms with Crippen LogP contribution in [-0.2, 0) is 4.79 Å². The molecule has 0 radical (unpaired) electrons. The van der Waals surface area contributed by atoms with Crippen molar-refractivity contribution in [2.45, 2.75) is 13.8 Å². The molecule has 0 aliphatic heterocycles. The van der Waals surface area contributed by atoms with Crippen molar-refractivity contribution in [3.63, 3.8) is 0 Å². The largest absolute Gasteiger partial charge is 0.295 e. The molecule has 1 rings (SSSR count). The van der Waals surface area contributed by atoms with Gasteiger partial charge in [-0.1, -0.05) is 0 Å². The van der Waals surface area contributed by atoms with Gasteiger partial charge in [0.05, 0.1) is 0 Å². The number of thiophene rings is 1. The molecule has 0 atom stereocenters. The third-order valence-corrected chi connectivity index (χ3v) is 2.39. The number of hydrogen-bond acceptors (Lipinski definition) is 2. The fourth-order valence-electron chi connectivity index (χ4n) is 0.902. The minimum atomic E-state index is -0.221. The predicted molar refractivity (Wildman–Crippen MR) is 48.6 cm³/mol. The summed E-state index contributed by atoms with van der Waals surface area (Å²) in [6.45, 7) is 3.28. The molecule has 0 saturated heterocycles. The van der Waals surface area contributed by atoms with Gasteiger partial charge in [-0.25, -0.2) is 0 Å². The third-order valence-electron chi connectivity index (χ3n) is 1.38. The molecule has 12 heavy (non-hydrogen) atoms. The summed E-state index contributed by atoms with van der Waals surface area (Å²) in [6, 6.07) is 3.08. The van der Waals surface area contributed by atoms with Gasteiger partial charge in [0.25, 0.3) is 0 Å². The molecule has 64 valence electrons. The Labute approximate surface area is 74.5 Å². The van der Waals surface area contributed by atoms with E-state index in [0.717, 1.165) is 21.8 Å². The van der Waals surface area contributed by atoms with Crippen molar-refractivity contribution in [3.8, 4) is 0 Å². The van der Waals surface area contributed by atoms with Gasteiger partial charge in [0.1, 0.15) is 0 Å². The number of carbonyl (C=O) groups excluding carboxylic acids is 1. The summed E-state index contributed by atoms with van der Waals surface area (Å²) >= 11 is 1.05. The third kappa shape index (κ3) is 2.27. The Kier molecular flexibility index (Phi) is 2.76. The van der Waals surface area contributed by atoms with Gasteiger partial charge in [0.2, 0.25) is 0 Å². The van der Waals surface area contributed by atoms with Crippen LogP contribution in [0.3, 0.4) is 0 Å². The maximum absolute atomic E-state index is 12.5. The smallest absolute Gasteiger partial charge is 0.176 e. The normalized spacial score (nSPS) is 11.8. The average molecular weight is 184 g/mol. The predicted octanol–water partition coefficient (Wildman–Crippen LogP) is 2.88. The minimum absolute atomic E-state index is 0.0127. The van der Waals surface area contributed by atoms with Crippen LogP contribution in [0, 0.1) is 5.13 Å². The Balaban J connectivity index is 2.91. The Bertz CT molecular complexity index is 325. The Morgan fingerprint density at radius 2 is 2.17 bits per heavy atom. The summed E-state index contributed by atoms with van der Waals surface area (Å²) in [5.74, 6) is -0.0127. The topological polar surface area (TPSA) is 17.1 Å². The SMILES string of the molecule is CC(=O)C=C(C)c1ccc(F)s1. The average Bonchev–Trinajstić information content (AvgIpc) is 2.34. The van der Waals surface area contributed by atoms with E-state index in [2.05, 4.69) is 0 Å². The van der Waals surface area contributed by atoms with Gasteiger partial charge in [0, 0.05) is 4.88 Å². The molecule has 1 aromatic rings. The van der Waals surface area contributed by atoms with Gasteiger partial charge >= 0.3 is 0 Å². The van der Waals surface area contributed by atoms with E-state index in [-0.39, 0.29) is 10.9 Å². The number of ketones is 1. The van der Waals surface area contributed by atoms with Crippen LogP contribution in [-0.4, -0.2) is 5.78 Å². The van der Waals surface area contributed by atoms with E-state index in [1.807, 2.05) is 0 Å². The molecule has 1 aromatic heterocycles. The van der Waals surface area contributed by atoms with E-state index in [1.165, 1.54) is 19.1 Å². The van der Waals surface area contributed by atoms with Crippen LogP contribution >= 0.6 is 11.3 Å². The molecule has 0 amide bonds. The highest BCUT2D eigenvalue weighted by molar-refractivity contribution is 7.11. The van der Waals surface area contributed by atoms with Crippen LogP contribution in [0.25, 0.3) is 5.57 Å². The van der Waals surface area contributed by atoms with Crippen LogP contribution in [0.5, 0.6) is 0 Å². The summed E-state index contributed by atoms with van der Waals surface area (Å²) in [5, 5.41) is -0.221. The summed E-state index contributed by atoms with van der Waals surface area (Å²) in [6.07, 6.45) is 1.51. The van der Waals surface area contributed by atoms with Crippen LogP contribution in [0.15, 0.2) is 18.2 Å². The molecule has 1 heterocycles. The first-order valence-corrected chi connectivity index (χ1v) is 4.36. The molecule has 1 nitrogen and oxygen atoms in total. The van der Waals surface area contributed by atoms with Gasteiger partial charge in [-0.2, -0.15) is 4.39 Å². The maximum Gasteiger partial charge on any atom is 0.176 e. The highest BCUT2D eigenvalue weighted by Gasteiger charge is 2.01. The van der Waals surface area contributed by atoms with Crippen molar-refractivity contribution in [1.29, 1.82) is 0 Å². The van der Waals surface area contributed by atoms with E-state index in [0.29, 0.717) is 0 Å². The molecule has 0 spiro atoms. The van der Waals surface area contributed by atoms with Crippen molar-refractivity contribution in [3.05, 3.63) is 28.2 Å². The first-order chi connectivity index (χ1) is 5.59. The van der Waals surface area contributed by atoms with Crippen molar-refractivity contribution in [1.82, 2.24) is 0 Å². The van der Waals surface area contributed by atoms with Crippen molar-refractivity contribution < 1.29 is 9.18 Å². The summed E-state index contributed by atoms with van der Waals surface area (Å²) < 4.78 is 12.5. The lowest BCUT2D eigenvalue weighted by atomic mass is 10.2. The fraction of sp³-hybridized carbons (Fsp3) is 0.222. The zero-order chi connectivity index (χ0) is 9.14. The number of halogens is 1. The molecule has 0 N–H and O–H groups in total. The first kappa shape index (κ1) is 9.13. The molecular formula is C9H9FOS. The van der Waals surface area contributed by atoms with E-state index >= 15 is 0 Å². The van der Waals surface area contributed by atoms with Gasteiger partial charge in [-0.15, -0.1) is 11.3 Å². The standard InChI is InChI=1S/C9H9FOS/c1-6(5-7(2)11)8-3-4-9(10)12-8/h3-5H,1-2H3. The van der Waals surface area contributed by atoms with E-state index in [9.17, 15) is 9.18 Å².